The predicted octanol–water partition coefficient (Wildman–Crippen LogP) is 2.26. The molecule has 0 radical (unpaired) electrons. The van der Waals surface area contributed by atoms with Crippen molar-refractivity contribution in [2.75, 3.05) is 12.4 Å². The molecule has 1 aliphatic carbocycles. The maximum absolute atomic E-state index is 13.0. The first-order valence-electron chi connectivity index (χ1n) is 11.0. The zero-order valence-electron chi connectivity index (χ0n) is 18.9. The molecule has 0 saturated heterocycles. The van der Waals surface area contributed by atoms with Crippen LogP contribution < -0.4 is 15.4 Å². The summed E-state index contributed by atoms with van der Waals surface area (Å²) >= 11 is 0. The first-order valence-corrected chi connectivity index (χ1v) is 11.0. The lowest BCUT2D eigenvalue weighted by atomic mass is 9.99. The van der Waals surface area contributed by atoms with Crippen LogP contribution in [0.15, 0.2) is 54.9 Å². The van der Waals surface area contributed by atoms with Gasteiger partial charge < -0.3 is 15.4 Å². The van der Waals surface area contributed by atoms with Gasteiger partial charge in [0.2, 0.25) is 5.91 Å². The van der Waals surface area contributed by atoms with Crippen molar-refractivity contribution in [2.45, 2.75) is 25.3 Å². The minimum absolute atomic E-state index is 0.162. The molecule has 1 atom stereocenters. The zero-order chi connectivity index (χ0) is 24.2. The first-order chi connectivity index (χ1) is 17.1. The second-order valence-corrected chi connectivity index (χ2v) is 8.07. The molecule has 0 saturated carbocycles. The summed E-state index contributed by atoms with van der Waals surface area (Å²) in [6, 6.07) is 14.7. The van der Waals surface area contributed by atoms with E-state index in [1.165, 1.54) is 12.4 Å². The summed E-state index contributed by atoms with van der Waals surface area (Å²) in [5.41, 5.74) is 3.97. The van der Waals surface area contributed by atoms with Crippen LogP contribution in [0.25, 0.3) is 11.4 Å². The quantitative estimate of drug-likeness (QED) is 0.373. The van der Waals surface area contributed by atoms with E-state index in [4.69, 9.17) is 4.74 Å². The average molecular weight is 470 g/mol. The van der Waals surface area contributed by atoms with Crippen LogP contribution in [0, 0.1) is 0 Å². The van der Waals surface area contributed by atoms with Gasteiger partial charge in [0, 0.05) is 18.2 Å². The molecule has 35 heavy (non-hydrogen) atoms. The summed E-state index contributed by atoms with van der Waals surface area (Å²) in [5, 5.41) is 19.5. The topological polar surface area (TPSA) is 148 Å². The molecule has 11 nitrogen and oxygen atoms in total. The van der Waals surface area contributed by atoms with Gasteiger partial charge in [-0.1, -0.05) is 24.3 Å². The van der Waals surface area contributed by atoms with Gasteiger partial charge in [-0.2, -0.15) is 0 Å². The number of rotatable bonds is 7. The number of hydrogen-bond acceptors (Lipinski definition) is 8. The number of nitrogens with zero attached hydrogens (tertiary/aromatic N) is 5. The summed E-state index contributed by atoms with van der Waals surface area (Å²) in [4.78, 5) is 33.8. The van der Waals surface area contributed by atoms with Crippen LogP contribution in [0.4, 0.5) is 5.82 Å². The summed E-state index contributed by atoms with van der Waals surface area (Å²) in [6.07, 6.45) is 2.71. The fourth-order valence-corrected chi connectivity index (χ4v) is 4.14. The van der Waals surface area contributed by atoms with Crippen molar-refractivity contribution >= 4 is 17.6 Å². The molecule has 2 heterocycles. The molecule has 11 heteroatoms. The highest BCUT2D eigenvalue weighted by Crippen LogP contribution is 2.35. The molecule has 0 spiro atoms. The SMILES string of the molecule is COc1cccc(CNC(=O)c2cc(NC(=O)[C@H]3CCc4cc(-c5nnn[nH]5)ccc43)ncn2)c1. The van der Waals surface area contributed by atoms with Crippen molar-refractivity contribution in [3.8, 4) is 17.1 Å². The Hall–Kier alpha value is -4.67. The van der Waals surface area contributed by atoms with Gasteiger partial charge in [0.05, 0.1) is 13.0 Å². The van der Waals surface area contributed by atoms with Gasteiger partial charge in [-0.25, -0.2) is 15.1 Å². The number of aryl methyl sites for hydroxylation is 1. The van der Waals surface area contributed by atoms with Crippen LogP contribution >= 0.6 is 0 Å². The lowest BCUT2D eigenvalue weighted by Gasteiger charge is -2.13. The van der Waals surface area contributed by atoms with E-state index < -0.39 is 0 Å². The van der Waals surface area contributed by atoms with E-state index >= 15 is 0 Å². The Bertz CT molecular complexity index is 1370. The summed E-state index contributed by atoms with van der Waals surface area (Å²) in [7, 11) is 1.59. The normalized spacial score (nSPS) is 14.3. The van der Waals surface area contributed by atoms with Crippen LogP contribution in [-0.4, -0.2) is 49.5 Å². The third-order valence-corrected chi connectivity index (χ3v) is 5.89. The van der Waals surface area contributed by atoms with Gasteiger partial charge in [-0.15, -0.1) is 5.10 Å². The highest BCUT2D eigenvalue weighted by atomic mass is 16.5. The minimum Gasteiger partial charge on any atom is -0.497 e. The van der Waals surface area contributed by atoms with Crippen LogP contribution in [-0.2, 0) is 17.8 Å². The van der Waals surface area contributed by atoms with Crippen molar-refractivity contribution in [3.63, 3.8) is 0 Å². The summed E-state index contributed by atoms with van der Waals surface area (Å²) in [5.74, 6) is 0.703. The number of amides is 2. The molecule has 0 fully saturated rings. The Morgan fingerprint density at radius 2 is 2.06 bits per heavy atom. The Kier molecular flexibility index (Phi) is 6.12. The molecule has 3 N–H and O–H groups in total. The van der Waals surface area contributed by atoms with Crippen LogP contribution in [0.3, 0.4) is 0 Å². The Labute approximate surface area is 200 Å². The van der Waals surface area contributed by atoms with E-state index in [2.05, 4.69) is 41.2 Å². The molecular formula is C24H22N8O3. The van der Waals surface area contributed by atoms with Gasteiger partial charge in [0.1, 0.15) is 23.6 Å². The number of methoxy groups -OCH3 is 1. The fourth-order valence-electron chi connectivity index (χ4n) is 4.14. The Balaban J connectivity index is 1.23. The number of aromatic nitrogens is 6. The van der Waals surface area contributed by atoms with E-state index in [1.54, 1.807) is 7.11 Å². The Morgan fingerprint density at radius 1 is 1.14 bits per heavy atom. The van der Waals surface area contributed by atoms with E-state index in [0.29, 0.717) is 24.5 Å². The lowest BCUT2D eigenvalue weighted by molar-refractivity contribution is -0.117. The molecule has 2 amide bonds. The molecule has 4 aromatic rings. The molecule has 176 valence electrons. The van der Waals surface area contributed by atoms with Crippen molar-refractivity contribution in [3.05, 3.63) is 77.2 Å². The number of anilines is 1. The van der Waals surface area contributed by atoms with Crippen LogP contribution in [0.2, 0.25) is 0 Å². The van der Waals surface area contributed by atoms with Gasteiger partial charge in [0.25, 0.3) is 5.91 Å². The van der Waals surface area contributed by atoms with E-state index in [-0.39, 0.29) is 29.2 Å². The predicted molar refractivity (Wildman–Crippen MR) is 126 cm³/mol. The smallest absolute Gasteiger partial charge is 0.270 e. The molecule has 0 bridgehead atoms. The number of ether oxygens (including phenoxy) is 1. The standard InChI is InChI=1S/C24H22N8O3/c1-35-17-4-2-3-14(9-17)12-25-24(34)20-11-21(27-13-26-20)28-23(33)19-8-5-15-10-16(6-7-18(15)19)22-29-31-32-30-22/h2-4,6-7,9-11,13,19H,5,8,12H2,1H3,(H,25,34)(H,26,27,28,33)(H,29,30,31,32)/t19-/m0/s1. The molecule has 2 aromatic carbocycles. The monoisotopic (exact) mass is 470 g/mol. The molecule has 2 aromatic heterocycles. The van der Waals surface area contributed by atoms with Gasteiger partial charge in [-0.3, -0.25) is 9.59 Å². The number of H-pyrrole nitrogens is 1. The number of hydrogen-bond donors (Lipinski definition) is 3. The van der Waals surface area contributed by atoms with Gasteiger partial charge in [-0.05, 0) is 58.2 Å². The van der Waals surface area contributed by atoms with Crippen LogP contribution in [0.5, 0.6) is 5.75 Å². The second-order valence-electron chi connectivity index (χ2n) is 8.07. The minimum atomic E-state index is -0.369. The van der Waals surface area contributed by atoms with Crippen molar-refractivity contribution in [1.29, 1.82) is 0 Å². The third kappa shape index (κ3) is 4.83. The van der Waals surface area contributed by atoms with Gasteiger partial charge in [0.15, 0.2) is 5.82 Å². The van der Waals surface area contributed by atoms with Crippen molar-refractivity contribution < 1.29 is 14.3 Å². The number of benzene rings is 2. The first kappa shape index (κ1) is 22.1. The highest BCUT2D eigenvalue weighted by Gasteiger charge is 2.29. The van der Waals surface area contributed by atoms with Crippen LogP contribution in [0.1, 0.15) is 39.5 Å². The molecule has 0 aliphatic heterocycles. The number of carbonyl (C=O) groups excluding carboxylic acids is 2. The maximum atomic E-state index is 13.0. The summed E-state index contributed by atoms with van der Waals surface area (Å²) in [6.45, 7) is 0.312. The van der Waals surface area contributed by atoms with Gasteiger partial charge >= 0.3 is 0 Å². The number of carbonyl (C=O) groups is 2. The number of fused-ring (bicyclic) bond motifs is 1. The largest absolute Gasteiger partial charge is 0.497 e. The fraction of sp³-hybridized carbons (Fsp3) is 0.208. The summed E-state index contributed by atoms with van der Waals surface area (Å²) < 4.78 is 5.20. The second kappa shape index (κ2) is 9.67. The van der Waals surface area contributed by atoms with E-state index in [1.807, 2.05) is 42.5 Å². The van der Waals surface area contributed by atoms with E-state index in [9.17, 15) is 9.59 Å². The highest BCUT2D eigenvalue weighted by molar-refractivity contribution is 5.97. The zero-order valence-corrected chi connectivity index (χ0v) is 18.9. The molecule has 0 unspecified atom stereocenters. The molecule has 1 aliphatic rings. The van der Waals surface area contributed by atoms with Crippen molar-refractivity contribution in [2.24, 2.45) is 0 Å². The Morgan fingerprint density at radius 3 is 2.89 bits per heavy atom. The number of tetrazole rings is 1. The maximum Gasteiger partial charge on any atom is 0.270 e. The number of aromatic amines is 1. The molecular weight excluding hydrogens is 448 g/mol. The third-order valence-electron chi connectivity index (χ3n) is 5.89. The number of nitrogens with one attached hydrogen (secondary N) is 3. The van der Waals surface area contributed by atoms with Crippen molar-refractivity contribution in [1.82, 2.24) is 35.9 Å². The molecule has 5 rings (SSSR count). The average Bonchev–Trinajstić information content (AvgIpc) is 3.57. The van der Waals surface area contributed by atoms with E-state index in [0.717, 1.165) is 28.7 Å². The lowest BCUT2D eigenvalue weighted by Crippen LogP contribution is -2.25.